The quantitative estimate of drug-likeness (QED) is 0.728. The summed E-state index contributed by atoms with van der Waals surface area (Å²) in [6, 6.07) is 6.04. The van der Waals surface area contributed by atoms with Gasteiger partial charge in [0, 0.05) is 26.2 Å². The lowest BCUT2D eigenvalue weighted by atomic mass is 10.3. The molecular weight excluding hydrogens is 176 g/mol. The molecule has 0 saturated carbocycles. The summed E-state index contributed by atoms with van der Waals surface area (Å²) in [6.07, 6.45) is 0.839. The van der Waals surface area contributed by atoms with Crippen LogP contribution in [0.4, 0.5) is 5.69 Å². The first-order valence-electron chi connectivity index (χ1n) is 4.77. The monoisotopic (exact) mass is 190 g/mol. The molecule has 0 saturated heterocycles. The van der Waals surface area contributed by atoms with E-state index in [2.05, 4.69) is 9.88 Å². The van der Waals surface area contributed by atoms with E-state index in [4.69, 9.17) is 4.42 Å². The zero-order valence-corrected chi connectivity index (χ0v) is 8.74. The summed E-state index contributed by atoms with van der Waals surface area (Å²) < 4.78 is 5.52. The lowest BCUT2D eigenvalue weighted by Gasteiger charge is -2.10. The van der Waals surface area contributed by atoms with Crippen LogP contribution in [0.1, 0.15) is 12.8 Å². The van der Waals surface area contributed by atoms with E-state index in [9.17, 15) is 0 Å². The number of hydrogen-bond acceptors (Lipinski definition) is 3. The van der Waals surface area contributed by atoms with Crippen molar-refractivity contribution in [1.29, 1.82) is 0 Å². The molecule has 74 valence electrons. The molecule has 14 heavy (non-hydrogen) atoms. The van der Waals surface area contributed by atoms with Gasteiger partial charge < -0.3 is 9.32 Å². The molecule has 1 aromatic heterocycles. The van der Waals surface area contributed by atoms with Gasteiger partial charge in [-0.3, -0.25) is 0 Å². The number of rotatable bonds is 2. The first-order chi connectivity index (χ1) is 6.70. The Kier molecular flexibility index (Phi) is 2.15. The molecule has 0 atom stereocenters. The molecule has 2 rings (SSSR count). The lowest BCUT2D eigenvalue weighted by molar-refractivity contribution is 0.538. The summed E-state index contributed by atoms with van der Waals surface area (Å²) in [6.45, 7) is 2.04. The molecule has 3 heteroatoms. The number of anilines is 1. The molecule has 0 aliphatic carbocycles. The Balaban J connectivity index is 2.54. The highest BCUT2D eigenvalue weighted by atomic mass is 16.3. The summed E-state index contributed by atoms with van der Waals surface area (Å²) >= 11 is 0. The van der Waals surface area contributed by atoms with Crippen LogP contribution in [0, 0.1) is 0 Å². The molecule has 0 radical (unpaired) electrons. The molecule has 0 amide bonds. The Morgan fingerprint density at radius 3 is 2.79 bits per heavy atom. The van der Waals surface area contributed by atoms with E-state index in [1.54, 1.807) is 0 Å². The second kappa shape index (κ2) is 3.33. The van der Waals surface area contributed by atoms with Crippen molar-refractivity contribution in [3.8, 4) is 0 Å². The van der Waals surface area contributed by atoms with Gasteiger partial charge in [0.2, 0.25) is 0 Å². The molecule has 0 unspecified atom stereocenters. The first kappa shape index (κ1) is 9.06. The van der Waals surface area contributed by atoms with Gasteiger partial charge in [0.1, 0.15) is 5.52 Å². The van der Waals surface area contributed by atoms with Gasteiger partial charge >= 0.3 is 0 Å². The maximum Gasteiger partial charge on any atom is 0.195 e. The van der Waals surface area contributed by atoms with Crippen LogP contribution in [0.5, 0.6) is 0 Å². The number of aromatic nitrogens is 1. The van der Waals surface area contributed by atoms with Gasteiger partial charge in [-0.05, 0) is 18.2 Å². The van der Waals surface area contributed by atoms with Crippen molar-refractivity contribution in [1.82, 2.24) is 4.98 Å². The maximum atomic E-state index is 5.52. The fourth-order valence-electron chi connectivity index (χ4n) is 1.39. The zero-order chi connectivity index (χ0) is 10.1. The molecule has 3 nitrogen and oxygen atoms in total. The fourth-order valence-corrected chi connectivity index (χ4v) is 1.39. The minimum absolute atomic E-state index is 0.802. The van der Waals surface area contributed by atoms with Crippen molar-refractivity contribution in [3.05, 3.63) is 24.1 Å². The molecule has 0 spiro atoms. The van der Waals surface area contributed by atoms with Crippen LogP contribution in [0.3, 0.4) is 0 Å². The van der Waals surface area contributed by atoms with Crippen LogP contribution in [0.15, 0.2) is 22.6 Å². The normalized spacial score (nSPS) is 10.8. The summed E-state index contributed by atoms with van der Waals surface area (Å²) in [5.74, 6) is 0.802. The van der Waals surface area contributed by atoms with E-state index >= 15 is 0 Å². The summed E-state index contributed by atoms with van der Waals surface area (Å²) in [5.41, 5.74) is 2.95. The third kappa shape index (κ3) is 1.45. The molecular formula is C11H14N2O. The predicted octanol–water partition coefficient (Wildman–Crippen LogP) is 2.46. The third-order valence-electron chi connectivity index (χ3n) is 2.23. The maximum absolute atomic E-state index is 5.52. The standard InChI is InChI=1S/C11H14N2O/c1-4-11-12-9-7-8(13(2)3)5-6-10(9)14-11/h5-7H,4H2,1-3H3. The van der Waals surface area contributed by atoms with Crippen LogP contribution < -0.4 is 4.90 Å². The van der Waals surface area contributed by atoms with E-state index in [1.165, 1.54) is 0 Å². The topological polar surface area (TPSA) is 29.3 Å². The Bertz CT molecular complexity index is 445. The zero-order valence-electron chi connectivity index (χ0n) is 8.74. The van der Waals surface area contributed by atoms with Crippen molar-refractivity contribution in [2.24, 2.45) is 0 Å². The molecule has 1 heterocycles. The highest BCUT2D eigenvalue weighted by Crippen LogP contribution is 2.21. The average molecular weight is 190 g/mol. The Labute approximate surface area is 83.3 Å². The number of hydrogen-bond donors (Lipinski definition) is 0. The van der Waals surface area contributed by atoms with Gasteiger partial charge in [0.15, 0.2) is 11.5 Å². The molecule has 0 fully saturated rings. The minimum Gasteiger partial charge on any atom is -0.441 e. The largest absolute Gasteiger partial charge is 0.441 e. The molecule has 0 aliphatic rings. The van der Waals surface area contributed by atoms with Crippen molar-refractivity contribution in [2.45, 2.75) is 13.3 Å². The van der Waals surface area contributed by atoms with E-state index in [-0.39, 0.29) is 0 Å². The van der Waals surface area contributed by atoms with Gasteiger partial charge in [0.25, 0.3) is 0 Å². The van der Waals surface area contributed by atoms with Crippen LogP contribution in [0.2, 0.25) is 0 Å². The summed E-state index contributed by atoms with van der Waals surface area (Å²) in [5, 5.41) is 0. The number of nitrogens with zero attached hydrogens (tertiary/aromatic N) is 2. The van der Waals surface area contributed by atoms with Crippen LogP contribution in [0.25, 0.3) is 11.1 Å². The van der Waals surface area contributed by atoms with Crippen molar-refractivity contribution >= 4 is 16.8 Å². The highest BCUT2D eigenvalue weighted by molar-refractivity contribution is 5.77. The summed E-state index contributed by atoms with van der Waals surface area (Å²) in [7, 11) is 4.03. The van der Waals surface area contributed by atoms with Crippen LogP contribution >= 0.6 is 0 Å². The Morgan fingerprint density at radius 2 is 2.14 bits per heavy atom. The number of aryl methyl sites for hydroxylation is 1. The number of benzene rings is 1. The van der Waals surface area contributed by atoms with E-state index in [0.29, 0.717) is 0 Å². The third-order valence-corrected chi connectivity index (χ3v) is 2.23. The second-order valence-electron chi connectivity index (χ2n) is 3.51. The summed E-state index contributed by atoms with van der Waals surface area (Å²) in [4.78, 5) is 6.44. The Morgan fingerprint density at radius 1 is 1.36 bits per heavy atom. The van der Waals surface area contributed by atoms with Gasteiger partial charge in [-0.25, -0.2) is 4.98 Å². The first-order valence-corrected chi connectivity index (χ1v) is 4.77. The second-order valence-corrected chi connectivity index (χ2v) is 3.51. The molecule has 0 aliphatic heterocycles. The van der Waals surface area contributed by atoms with Gasteiger partial charge in [-0.15, -0.1) is 0 Å². The van der Waals surface area contributed by atoms with E-state index < -0.39 is 0 Å². The van der Waals surface area contributed by atoms with Crippen LogP contribution in [-0.4, -0.2) is 19.1 Å². The molecule has 0 N–H and O–H groups in total. The van der Waals surface area contributed by atoms with Gasteiger partial charge in [0.05, 0.1) is 0 Å². The van der Waals surface area contributed by atoms with Crippen molar-refractivity contribution in [2.75, 3.05) is 19.0 Å². The molecule has 0 bridgehead atoms. The van der Waals surface area contributed by atoms with Gasteiger partial charge in [-0.1, -0.05) is 6.92 Å². The van der Waals surface area contributed by atoms with Crippen LogP contribution in [-0.2, 0) is 6.42 Å². The van der Waals surface area contributed by atoms with Gasteiger partial charge in [-0.2, -0.15) is 0 Å². The van der Waals surface area contributed by atoms with E-state index in [0.717, 1.165) is 29.1 Å². The lowest BCUT2D eigenvalue weighted by Crippen LogP contribution is -2.07. The SMILES string of the molecule is CCc1nc2cc(N(C)C)ccc2o1. The van der Waals surface area contributed by atoms with E-state index in [1.807, 2.05) is 39.2 Å². The highest BCUT2D eigenvalue weighted by Gasteiger charge is 2.05. The smallest absolute Gasteiger partial charge is 0.195 e. The molecule has 2 aromatic rings. The predicted molar refractivity (Wildman–Crippen MR) is 57.7 cm³/mol. The average Bonchev–Trinajstić information content (AvgIpc) is 2.58. The number of oxazole rings is 1. The Hall–Kier alpha value is -1.51. The van der Waals surface area contributed by atoms with Crippen molar-refractivity contribution < 1.29 is 4.42 Å². The fraction of sp³-hybridized carbons (Fsp3) is 0.364. The number of fused-ring (bicyclic) bond motifs is 1. The molecule has 1 aromatic carbocycles. The minimum atomic E-state index is 0.802. The van der Waals surface area contributed by atoms with Crippen molar-refractivity contribution in [3.63, 3.8) is 0 Å².